The summed E-state index contributed by atoms with van der Waals surface area (Å²) in [6, 6.07) is 9.52. The van der Waals surface area contributed by atoms with Crippen LogP contribution in [0.1, 0.15) is 24.8 Å². The van der Waals surface area contributed by atoms with E-state index >= 15 is 0 Å². The van der Waals surface area contributed by atoms with Crippen LogP contribution in [0.4, 0.5) is 0 Å². The van der Waals surface area contributed by atoms with Crippen LogP contribution in [0.2, 0.25) is 0 Å². The highest BCUT2D eigenvalue weighted by atomic mass is 16.5. The number of ether oxygens (including phenoxy) is 1. The third-order valence-electron chi connectivity index (χ3n) is 2.66. The Labute approximate surface area is 112 Å². The molecule has 104 valence electrons. The van der Waals surface area contributed by atoms with Gasteiger partial charge < -0.3 is 15.2 Å². The summed E-state index contributed by atoms with van der Waals surface area (Å²) in [5, 5.41) is 12.3. The van der Waals surface area contributed by atoms with Gasteiger partial charge in [0.15, 0.2) is 0 Å². The Morgan fingerprint density at radius 3 is 2.63 bits per heavy atom. The van der Waals surface area contributed by atoms with Gasteiger partial charge in [0.25, 0.3) is 0 Å². The van der Waals surface area contributed by atoms with Gasteiger partial charge in [-0.2, -0.15) is 0 Å². The van der Waals surface area contributed by atoms with Crippen molar-refractivity contribution in [1.82, 2.24) is 5.32 Å². The topological polar surface area (TPSA) is 75.6 Å². The number of hydrogen-bond acceptors (Lipinski definition) is 4. The van der Waals surface area contributed by atoms with Crippen LogP contribution >= 0.6 is 0 Å². The maximum atomic E-state index is 11.6. The van der Waals surface area contributed by atoms with Crippen LogP contribution in [-0.2, 0) is 20.9 Å². The number of amides is 1. The molecule has 5 heteroatoms. The van der Waals surface area contributed by atoms with Gasteiger partial charge in [-0.05, 0) is 12.0 Å². The quantitative estimate of drug-likeness (QED) is 0.721. The fourth-order valence-electron chi connectivity index (χ4n) is 1.57. The molecule has 1 aromatic carbocycles. The SMILES string of the molecule is COC(=O)CCC(O)CC(=O)NCc1ccccc1. The van der Waals surface area contributed by atoms with E-state index in [9.17, 15) is 14.7 Å². The molecule has 0 aromatic heterocycles. The lowest BCUT2D eigenvalue weighted by molar-refractivity contribution is -0.141. The zero-order valence-corrected chi connectivity index (χ0v) is 11.0. The Kier molecular flexibility index (Phi) is 6.60. The predicted molar refractivity (Wildman–Crippen MR) is 70.2 cm³/mol. The van der Waals surface area contributed by atoms with E-state index in [1.165, 1.54) is 7.11 Å². The number of benzene rings is 1. The number of carbonyl (C=O) groups excluding carboxylic acids is 2. The summed E-state index contributed by atoms with van der Waals surface area (Å²) < 4.78 is 4.46. The molecule has 0 fully saturated rings. The molecule has 0 aliphatic rings. The standard InChI is InChI=1S/C14H19NO4/c1-19-14(18)8-7-12(16)9-13(17)15-10-11-5-3-2-4-6-11/h2-6,12,16H,7-10H2,1H3,(H,15,17). The number of aliphatic hydroxyl groups excluding tert-OH is 1. The summed E-state index contributed by atoms with van der Waals surface area (Å²) in [5.74, 6) is -0.620. The molecule has 1 rings (SSSR count). The van der Waals surface area contributed by atoms with E-state index in [1.807, 2.05) is 30.3 Å². The van der Waals surface area contributed by atoms with Crippen LogP contribution in [-0.4, -0.2) is 30.2 Å². The zero-order valence-electron chi connectivity index (χ0n) is 11.0. The number of esters is 1. The van der Waals surface area contributed by atoms with Crippen molar-refractivity contribution < 1.29 is 19.4 Å². The van der Waals surface area contributed by atoms with E-state index in [1.54, 1.807) is 0 Å². The van der Waals surface area contributed by atoms with Crippen molar-refractivity contribution in [2.45, 2.75) is 31.9 Å². The lowest BCUT2D eigenvalue weighted by atomic mass is 10.1. The van der Waals surface area contributed by atoms with E-state index < -0.39 is 6.10 Å². The first-order chi connectivity index (χ1) is 9.11. The fourth-order valence-corrected chi connectivity index (χ4v) is 1.57. The summed E-state index contributed by atoms with van der Waals surface area (Å²) in [4.78, 5) is 22.4. The molecule has 19 heavy (non-hydrogen) atoms. The molecule has 0 saturated carbocycles. The van der Waals surface area contributed by atoms with Gasteiger partial charge in [-0.25, -0.2) is 0 Å². The number of rotatable bonds is 7. The summed E-state index contributed by atoms with van der Waals surface area (Å²) >= 11 is 0. The number of nitrogens with one attached hydrogen (secondary N) is 1. The molecule has 0 spiro atoms. The summed E-state index contributed by atoms with van der Waals surface area (Å²) in [5.41, 5.74) is 1.000. The molecular formula is C14H19NO4. The second kappa shape index (κ2) is 8.26. The largest absolute Gasteiger partial charge is 0.469 e. The molecule has 0 aliphatic carbocycles. The summed E-state index contributed by atoms with van der Waals surface area (Å²) in [7, 11) is 1.29. The van der Waals surface area contributed by atoms with E-state index in [-0.39, 0.29) is 31.1 Å². The van der Waals surface area contributed by atoms with Crippen LogP contribution in [0.3, 0.4) is 0 Å². The minimum absolute atomic E-state index is 0.0101. The highest BCUT2D eigenvalue weighted by molar-refractivity contribution is 5.76. The van der Waals surface area contributed by atoms with Crippen LogP contribution in [0.25, 0.3) is 0 Å². The van der Waals surface area contributed by atoms with Crippen LogP contribution in [0.15, 0.2) is 30.3 Å². The molecule has 0 bridgehead atoms. The molecular weight excluding hydrogens is 246 g/mol. The molecule has 5 nitrogen and oxygen atoms in total. The fraction of sp³-hybridized carbons (Fsp3) is 0.429. The average Bonchev–Trinajstić information content (AvgIpc) is 2.43. The van der Waals surface area contributed by atoms with Gasteiger partial charge >= 0.3 is 5.97 Å². The van der Waals surface area contributed by atoms with Crippen molar-refractivity contribution >= 4 is 11.9 Å². The van der Waals surface area contributed by atoms with Crippen molar-refractivity contribution in [3.8, 4) is 0 Å². The third kappa shape index (κ3) is 6.57. The molecule has 1 atom stereocenters. The maximum Gasteiger partial charge on any atom is 0.305 e. The van der Waals surface area contributed by atoms with Crippen molar-refractivity contribution in [1.29, 1.82) is 0 Å². The molecule has 1 aromatic rings. The molecule has 1 amide bonds. The van der Waals surface area contributed by atoms with Crippen molar-refractivity contribution in [2.75, 3.05) is 7.11 Å². The summed E-state index contributed by atoms with van der Waals surface area (Å²) in [6.45, 7) is 0.434. The van der Waals surface area contributed by atoms with Gasteiger partial charge in [0, 0.05) is 13.0 Å². The maximum absolute atomic E-state index is 11.6. The van der Waals surface area contributed by atoms with Gasteiger partial charge in [-0.15, -0.1) is 0 Å². The number of aliphatic hydroxyl groups is 1. The zero-order chi connectivity index (χ0) is 14.1. The second-order valence-electron chi connectivity index (χ2n) is 4.24. The third-order valence-corrected chi connectivity index (χ3v) is 2.66. The number of carbonyl (C=O) groups is 2. The van der Waals surface area contributed by atoms with Crippen LogP contribution < -0.4 is 5.32 Å². The Bertz CT molecular complexity index is 405. The first-order valence-electron chi connectivity index (χ1n) is 6.17. The first kappa shape index (κ1) is 15.2. The van der Waals surface area contributed by atoms with Crippen molar-refractivity contribution in [3.63, 3.8) is 0 Å². The van der Waals surface area contributed by atoms with Crippen LogP contribution in [0.5, 0.6) is 0 Å². The molecule has 2 N–H and O–H groups in total. The number of hydrogen-bond donors (Lipinski definition) is 2. The number of methoxy groups -OCH3 is 1. The van der Waals surface area contributed by atoms with Gasteiger partial charge in [0.2, 0.25) is 5.91 Å². The Balaban J connectivity index is 2.21. The van der Waals surface area contributed by atoms with E-state index in [0.29, 0.717) is 6.54 Å². The molecule has 0 saturated heterocycles. The minimum atomic E-state index is -0.824. The molecule has 0 radical (unpaired) electrons. The normalized spacial score (nSPS) is 11.7. The Hall–Kier alpha value is -1.88. The predicted octanol–water partition coefficient (Wildman–Crippen LogP) is 1.01. The highest BCUT2D eigenvalue weighted by Gasteiger charge is 2.12. The Morgan fingerprint density at radius 1 is 1.32 bits per heavy atom. The minimum Gasteiger partial charge on any atom is -0.469 e. The summed E-state index contributed by atoms with van der Waals surface area (Å²) in [6.07, 6.45) is -0.492. The van der Waals surface area contributed by atoms with Crippen molar-refractivity contribution in [2.24, 2.45) is 0 Å². The van der Waals surface area contributed by atoms with Gasteiger partial charge in [-0.1, -0.05) is 30.3 Å². The Morgan fingerprint density at radius 2 is 2.00 bits per heavy atom. The van der Waals surface area contributed by atoms with E-state index in [4.69, 9.17) is 0 Å². The van der Waals surface area contributed by atoms with Gasteiger partial charge in [0.1, 0.15) is 0 Å². The average molecular weight is 265 g/mol. The monoisotopic (exact) mass is 265 g/mol. The van der Waals surface area contributed by atoms with E-state index in [2.05, 4.69) is 10.1 Å². The lowest BCUT2D eigenvalue weighted by Gasteiger charge is -2.10. The molecule has 0 heterocycles. The first-order valence-corrected chi connectivity index (χ1v) is 6.17. The lowest BCUT2D eigenvalue weighted by Crippen LogP contribution is -2.27. The molecule has 1 unspecified atom stereocenters. The van der Waals surface area contributed by atoms with E-state index in [0.717, 1.165) is 5.56 Å². The highest BCUT2D eigenvalue weighted by Crippen LogP contribution is 2.03. The smallest absolute Gasteiger partial charge is 0.305 e. The second-order valence-corrected chi connectivity index (χ2v) is 4.24. The van der Waals surface area contributed by atoms with Gasteiger partial charge in [-0.3, -0.25) is 9.59 Å². The van der Waals surface area contributed by atoms with Gasteiger partial charge in [0.05, 0.1) is 19.6 Å². The van der Waals surface area contributed by atoms with Crippen molar-refractivity contribution in [3.05, 3.63) is 35.9 Å². The van der Waals surface area contributed by atoms with Crippen LogP contribution in [0, 0.1) is 0 Å². The molecule has 0 aliphatic heterocycles.